The van der Waals surface area contributed by atoms with Gasteiger partial charge < -0.3 is 5.32 Å². The molecule has 5 heteroatoms. The van der Waals surface area contributed by atoms with Crippen molar-refractivity contribution in [3.63, 3.8) is 0 Å². The minimum Gasteiger partial charge on any atom is -0.319 e. The molecule has 0 spiro atoms. The number of nitrogens with one attached hydrogen (secondary N) is 1. The van der Waals surface area contributed by atoms with E-state index < -0.39 is 9.84 Å². The lowest BCUT2D eigenvalue weighted by molar-refractivity contribution is 0.468. The van der Waals surface area contributed by atoms with Crippen LogP contribution in [0.2, 0.25) is 0 Å². The Morgan fingerprint density at radius 3 is 2.67 bits per heavy atom. The Bertz CT molecular complexity index is 213. The first kappa shape index (κ1) is 12.2. The monoisotopic (exact) mass is 213 g/mol. The first-order valence-electron chi connectivity index (χ1n) is 3.99. The predicted molar refractivity (Wildman–Crippen MR) is 52.6 cm³/mol. The summed E-state index contributed by atoms with van der Waals surface area (Å²) in [6.45, 7) is 0.833. The van der Waals surface area contributed by atoms with Crippen LogP contribution in [-0.2, 0) is 9.84 Å². The van der Waals surface area contributed by atoms with Crippen LogP contribution in [0.5, 0.6) is 0 Å². The standard InChI is InChI=1S/C7H15NO2S.ClH/c1-8-5-7-3-2-4-11(9,10)6-7;/h7-8H,2-6H2,1H3;1H. The van der Waals surface area contributed by atoms with Crippen molar-refractivity contribution >= 4 is 22.2 Å². The molecule has 0 aromatic carbocycles. The van der Waals surface area contributed by atoms with E-state index in [-0.39, 0.29) is 12.4 Å². The van der Waals surface area contributed by atoms with Crippen LogP contribution in [0.3, 0.4) is 0 Å². The normalized spacial score (nSPS) is 27.6. The minimum absolute atomic E-state index is 0. The van der Waals surface area contributed by atoms with Gasteiger partial charge in [-0.05, 0) is 32.4 Å². The molecule has 0 amide bonds. The zero-order chi connectivity index (χ0) is 8.32. The quantitative estimate of drug-likeness (QED) is 0.725. The van der Waals surface area contributed by atoms with Gasteiger partial charge in [-0.15, -0.1) is 12.4 Å². The van der Waals surface area contributed by atoms with E-state index in [0.29, 0.717) is 17.4 Å². The largest absolute Gasteiger partial charge is 0.319 e. The smallest absolute Gasteiger partial charge is 0.150 e. The summed E-state index contributed by atoms with van der Waals surface area (Å²) < 4.78 is 22.2. The molecule has 1 atom stereocenters. The Morgan fingerprint density at radius 2 is 2.17 bits per heavy atom. The lowest BCUT2D eigenvalue weighted by Gasteiger charge is -2.21. The molecule has 0 aromatic heterocycles. The molecule has 0 bridgehead atoms. The van der Waals surface area contributed by atoms with Gasteiger partial charge in [0, 0.05) is 0 Å². The molecule has 1 heterocycles. The minimum atomic E-state index is -2.69. The highest BCUT2D eigenvalue weighted by Crippen LogP contribution is 2.16. The second-order valence-corrected chi connectivity index (χ2v) is 5.41. The number of hydrogen-bond acceptors (Lipinski definition) is 3. The molecule has 3 nitrogen and oxygen atoms in total. The maximum absolute atomic E-state index is 11.1. The summed E-state index contributed by atoms with van der Waals surface area (Å²) in [5.74, 6) is 1.12. The van der Waals surface area contributed by atoms with Crippen LogP contribution in [0.4, 0.5) is 0 Å². The summed E-state index contributed by atoms with van der Waals surface area (Å²) >= 11 is 0. The Hall–Kier alpha value is 0.200. The van der Waals surface area contributed by atoms with Gasteiger partial charge in [0.15, 0.2) is 9.84 Å². The first-order valence-corrected chi connectivity index (χ1v) is 5.81. The molecule has 1 aliphatic heterocycles. The fraction of sp³-hybridized carbons (Fsp3) is 1.00. The average molecular weight is 214 g/mol. The van der Waals surface area contributed by atoms with Crippen LogP contribution < -0.4 is 5.32 Å². The SMILES string of the molecule is CNCC1CCCS(=O)(=O)C1.Cl. The highest BCUT2D eigenvalue weighted by Gasteiger charge is 2.23. The van der Waals surface area contributed by atoms with E-state index in [9.17, 15) is 8.42 Å². The fourth-order valence-corrected chi connectivity index (χ4v) is 3.34. The molecule has 74 valence electrons. The van der Waals surface area contributed by atoms with Gasteiger partial charge in [-0.2, -0.15) is 0 Å². The molecular formula is C7H16ClNO2S. The van der Waals surface area contributed by atoms with Crippen molar-refractivity contribution in [2.45, 2.75) is 12.8 Å². The van der Waals surface area contributed by atoms with Gasteiger partial charge >= 0.3 is 0 Å². The van der Waals surface area contributed by atoms with Crippen molar-refractivity contribution in [1.29, 1.82) is 0 Å². The van der Waals surface area contributed by atoms with Gasteiger partial charge in [0.25, 0.3) is 0 Å². The zero-order valence-electron chi connectivity index (χ0n) is 7.25. The third-order valence-corrected chi connectivity index (χ3v) is 3.94. The molecule has 1 rings (SSSR count). The van der Waals surface area contributed by atoms with E-state index in [2.05, 4.69) is 5.32 Å². The Balaban J connectivity index is 0.00000121. The van der Waals surface area contributed by atoms with Crippen LogP contribution in [0.25, 0.3) is 0 Å². The van der Waals surface area contributed by atoms with Crippen molar-refractivity contribution < 1.29 is 8.42 Å². The molecular weight excluding hydrogens is 198 g/mol. The van der Waals surface area contributed by atoms with Crippen molar-refractivity contribution in [1.82, 2.24) is 5.32 Å². The number of hydrogen-bond donors (Lipinski definition) is 1. The van der Waals surface area contributed by atoms with E-state index in [1.54, 1.807) is 0 Å². The van der Waals surface area contributed by atoms with Crippen molar-refractivity contribution in [3.05, 3.63) is 0 Å². The maximum Gasteiger partial charge on any atom is 0.150 e. The third kappa shape index (κ3) is 3.74. The maximum atomic E-state index is 11.1. The van der Waals surface area contributed by atoms with Crippen LogP contribution in [-0.4, -0.2) is 33.5 Å². The van der Waals surface area contributed by atoms with E-state index >= 15 is 0 Å². The van der Waals surface area contributed by atoms with Crippen molar-refractivity contribution in [3.8, 4) is 0 Å². The van der Waals surface area contributed by atoms with Crippen LogP contribution in [0.15, 0.2) is 0 Å². The molecule has 0 saturated carbocycles. The van der Waals surface area contributed by atoms with Gasteiger partial charge in [-0.25, -0.2) is 8.42 Å². The number of rotatable bonds is 2. The first-order chi connectivity index (χ1) is 5.14. The molecule has 1 saturated heterocycles. The van der Waals surface area contributed by atoms with Gasteiger partial charge in [-0.1, -0.05) is 0 Å². The summed E-state index contributed by atoms with van der Waals surface area (Å²) in [6, 6.07) is 0. The lowest BCUT2D eigenvalue weighted by Crippen LogP contribution is -2.31. The zero-order valence-corrected chi connectivity index (χ0v) is 8.88. The second kappa shape index (κ2) is 5.04. The van der Waals surface area contributed by atoms with Crippen molar-refractivity contribution in [2.75, 3.05) is 25.1 Å². The van der Waals surface area contributed by atoms with E-state index in [4.69, 9.17) is 0 Å². The van der Waals surface area contributed by atoms with Crippen LogP contribution in [0, 0.1) is 5.92 Å². The fourth-order valence-electron chi connectivity index (χ4n) is 1.57. The molecule has 1 aliphatic rings. The molecule has 1 unspecified atom stereocenters. The summed E-state index contributed by atoms with van der Waals surface area (Å²) in [5, 5.41) is 3.01. The van der Waals surface area contributed by atoms with Gasteiger partial charge in [-0.3, -0.25) is 0 Å². The number of sulfone groups is 1. The summed E-state index contributed by atoms with van der Waals surface area (Å²) in [4.78, 5) is 0. The predicted octanol–water partition coefficient (Wildman–Crippen LogP) is 0.452. The second-order valence-electron chi connectivity index (χ2n) is 3.18. The Morgan fingerprint density at radius 1 is 1.50 bits per heavy atom. The summed E-state index contributed by atoms with van der Waals surface area (Å²) in [7, 11) is -0.832. The number of halogens is 1. The van der Waals surface area contributed by atoms with E-state index in [1.807, 2.05) is 7.05 Å². The van der Waals surface area contributed by atoms with E-state index in [0.717, 1.165) is 19.4 Å². The highest BCUT2D eigenvalue weighted by molar-refractivity contribution is 7.91. The summed E-state index contributed by atoms with van der Waals surface area (Å²) in [5.41, 5.74) is 0. The topological polar surface area (TPSA) is 46.2 Å². The molecule has 1 N–H and O–H groups in total. The summed E-state index contributed by atoms with van der Waals surface area (Å²) in [6.07, 6.45) is 1.90. The third-order valence-electron chi connectivity index (χ3n) is 2.05. The van der Waals surface area contributed by atoms with Crippen molar-refractivity contribution in [2.24, 2.45) is 5.92 Å². The molecule has 1 fully saturated rings. The van der Waals surface area contributed by atoms with E-state index in [1.165, 1.54) is 0 Å². The molecule has 12 heavy (non-hydrogen) atoms. The molecule has 0 aromatic rings. The molecule has 0 aliphatic carbocycles. The van der Waals surface area contributed by atoms with Gasteiger partial charge in [0.2, 0.25) is 0 Å². The van der Waals surface area contributed by atoms with Gasteiger partial charge in [0.05, 0.1) is 11.5 Å². The Labute approximate surface area is 80.3 Å². The lowest BCUT2D eigenvalue weighted by atomic mass is 10.1. The highest BCUT2D eigenvalue weighted by atomic mass is 35.5. The van der Waals surface area contributed by atoms with Crippen LogP contribution >= 0.6 is 12.4 Å². The average Bonchev–Trinajstić information content (AvgIpc) is 1.85. The molecule has 0 radical (unpaired) electrons. The Kier molecular flexibility index (Phi) is 5.13. The van der Waals surface area contributed by atoms with Crippen LogP contribution in [0.1, 0.15) is 12.8 Å². The van der Waals surface area contributed by atoms with Gasteiger partial charge in [0.1, 0.15) is 0 Å².